The SMILES string of the molecule is CC(C)(Nc1cc(Cl)ccc1N)C(N)=O. The lowest BCUT2D eigenvalue weighted by Gasteiger charge is -2.24. The van der Waals surface area contributed by atoms with Crippen molar-refractivity contribution in [3.05, 3.63) is 23.2 Å². The summed E-state index contributed by atoms with van der Waals surface area (Å²) in [5.74, 6) is -0.457. The molecular formula is C10H14ClN3O. The Hall–Kier alpha value is -1.42. The second kappa shape index (κ2) is 3.98. The van der Waals surface area contributed by atoms with Crippen LogP contribution in [0.15, 0.2) is 18.2 Å². The van der Waals surface area contributed by atoms with E-state index in [4.69, 9.17) is 23.1 Å². The number of rotatable bonds is 3. The fraction of sp³-hybridized carbons (Fsp3) is 0.300. The van der Waals surface area contributed by atoms with Crippen LogP contribution in [0.2, 0.25) is 5.02 Å². The molecule has 0 atom stereocenters. The number of nitrogen functional groups attached to an aromatic ring is 1. The van der Waals surface area contributed by atoms with Gasteiger partial charge in [0, 0.05) is 5.02 Å². The highest BCUT2D eigenvalue weighted by Crippen LogP contribution is 2.25. The number of hydrogen-bond donors (Lipinski definition) is 3. The number of halogens is 1. The van der Waals surface area contributed by atoms with Gasteiger partial charge < -0.3 is 16.8 Å². The molecule has 0 radical (unpaired) electrons. The number of carbonyl (C=O) groups excluding carboxylic acids is 1. The number of carbonyl (C=O) groups is 1. The van der Waals surface area contributed by atoms with Gasteiger partial charge in [0.25, 0.3) is 0 Å². The maximum atomic E-state index is 11.1. The molecule has 0 saturated heterocycles. The van der Waals surface area contributed by atoms with Crippen molar-refractivity contribution in [1.82, 2.24) is 0 Å². The van der Waals surface area contributed by atoms with E-state index in [-0.39, 0.29) is 0 Å². The van der Waals surface area contributed by atoms with Gasteiger partial charge in [-0.1, -0.05) is 11.6 Å². The first-order chi connectivity index (χ1) is 6.83. The molecule has 0 aliphatic heterocycles. The smallest absolute Gasteiger partial charge is 0.242 e. The largest absolute Gasteiger partial charge is 0.397 e. The first-order valence-electron chi connectivity index (χ1n) is 4.46. The van der Waals surface area contributed by atoms with E-state index in [2.05, 4.69) is 5.32 Å². The molecule has 0 spiro atoms. The topological polar surface area (TPSA) is 81.1 Å². The zero-order valence-corrected chi connectivity index (χ0v) is 9.43. The summed E-state index contributed by atoms with van der Waals surface area (Å²) in [5, 5.41) is 3.49. The number of amides is 1. The van der Waals surface area contributed by atoms with Crippen molar-refractivity contribution in [3.63, 3.8) is 0 Å². The second-order valence-electron chi connectivity index (χ2n) is 3.85. The predicted octanol–water partition coefficient (Wildman–Crippen LogP) is 1.60. The molecule has 0 bridgehead atoms. The molecule has 0 aliphatic carbocycles. The van der Waals surface area contributed by atoms with E-state index in [1.165, 1.54) is 0 Å². The number of nitrogens with one attached hydrogen (secondary N) is 1. The maximum absolute atomic E-state index is 11.1. The highest BCUT2D eigenvalue weighted by Gasteiger charge is 2.25. The van der Waals surface area contributed by atoms with Crippen LogP contribution < -0.4 is 16.8 Å². The molecule has 0 unspecified atom stereocenters. The summed E-state index contributed by atoms with van der Waals surface area (Å²) in [5.41, 5.74) is 11.2. The molecular weight excluding hydrogens is 214 g/mol. The lowest BCUT2D eigenvalue weighted by Crippen LogP contribution is -2.45. The number of anilines is 2. The zero-order chi connectivity index (χ0) is 11.6. The molecule has 15 heavy (non-hydrogen) atoms. The Morgan fingerprint density at radius 1 is 1.47 bits per heavy atom. The van der Waals surface area contributed by atoms with Crippen LogP contribution >= 0.6 is 11.6 Å². The average Bonchev–Trinajstić information content (AvgIpc) is 2.10. The standard InChI is InChI=1S/C10H14ClN3O/c1-10(2,9(13)15)14-8-5-6(11)3-4-7(8)12/h3-5,14H,12H2,1-2H3,(H2,13,15). The van der Waals surface area contributed by atoms with Crippen LogP contribution in [-0.4, -0.2) is 11.4 Å². The van der Waals surface area contributed by atoms with Gasteiger partial charge in [-0.2, -0.15) is 0 Å². The minimum Gasteiger partial charge on any atom is -0.397 e. The van der Waals surface area contributed by atoms with Crippen LogP contribution in [0.3, 0.4) is 0 Å². The minimum absolute atomic E-state index is 0.457. The van der Waals surface area contributed by atoms with E-state index in [9.17, 15) is 4.79 Å². The van der Waals surface area contributed by atoms with Gasteiger partial charge >= 0.3 is 0 Å². The third-order valence-corrected chi connectivity index (χ3v) is 2.31. The molecule has 0 heterocycles. The van der Waals surface area contributed by atoms with Crippen molar-refractivity contribution < 1.29 is 4.79 Å². The molecule has 82 valence electrons. The van der Waals surface area contributed by atoms with Gasteiger partial charge in [0.1, 0.15) is 5.54 Å². The predicted molar refractivity (Wildman–Crippen MR) is 62.8 cm³/mol. The van der Waals surface area contributed by atoms with Crippen LogP contribution in [-0.2, 0) is 4.79 Å². The fourth-order valence-corrected chi connectivity index (χ4v) is 1.21. The second-order valence-corrected chi connectivity index (χ2v) is 4.28. The molecule has 1 amide bonds. The summed E-state index contributed by atoms with van der Waals surface area (Å²) >= 11 is 5.81. The molecule has 0 aliphatic rings. The van der Waals surface area contributed by atoms with Gasteiger partial charge in [-0.05, 0) is 32.0 Å². The first-order valence-corrected chi connectivity index (χ1v) is 4.84. The van der Waals surface area contributed by atoms with E-state index in [1.807, 2.05) is 0 Å². The van der Waals surface area contributed by atoms with E-state index < -0.39 is 11.4 Å². The van der Waals surface area contributed by atoms with Crippen molar-refractivity contribution >= 4 is 28.9 Å². The Labute approximate surface area is 93.6 Å². The number of hydrogen-bond acceptors (Lipinski definition) is 3. The molecule has 1 aromatic carbocycles. The number of nitrogens with two attached hydrogens (primary N) is 2. The Morgan fingerprint density at radius 2 is 2.07 bits per heavy atom. The lowest BCUT2D eigenvalue weighted by atomic mass is 10.0. The van der Waals surface area contributed by atoms with Crippen LogP contribution in [0.1, 0.15) is 13.8 Å². The summed E-state index contributed by atoms with van der Waals surface area (Å²) in [6, 6.07) is 5.00. The number of primary amides is 1. The monoisotopic (exact) mass is 227 g/mol. The summed E-state index contributed by atoms with van der Waals surface area (Å²) in [7, 11) is 0. The fourth-order valence-electron chi connectivity index (χ4n) is 1.04. The van der Waals surface area contributed by atoms with Crippen LogP contribution in [0.4, 0.5) is 11.4 Å². The normalized spacial score (nSPS) is 11.1. The van der Waals surface area contributed by atoms with Gasteiger partial charge in [-0.25, -0.2) is 0 Å². The van der Waals surface area contributed by atoms with Gasteiger partial charge in [0.2, 0.25) is 5.91 Å². The molecule has 5 heteroatoms. The van der Waals surface area contributed by atoms with E-state index in [0.29, 0.717) is 16.4 Å². The van der Waals surface area contributed by atoms with Crippen molar-refractivity contribution in [3.8, 4) is 0 Å². The highest BCUT2D eigenvalue weighted by atomic mass is 35.5. The van der Waals surface area contributed by atoms with Gasteiger partial charge in [-0.15, -0.1) is 0 Å². The van der Waals surface area contributed by atoms with Gasteiger partial charge in [-0.3, -0.25) is 4.79 Å². The third kappa shape index (κ3) is 2.76. The van der Waals surface area contributed by atoms with Crippen molar-refractivity contribution in [2.75, 3.05) is 11.1 Å². The Morgan fingerprint density at radius 3 is 2.60 bits per heavy atom. The minimum atomic E-state index is -0.862. The maximum Gasteiger partial charge on any atom is 0.242 e. The summed E-state index contributed by atoms with van der Waals surface area (Å²) in [6.45, 7) is 3.35. The van der Waals surface area contributed by atoms with E-state index in [0.717, 1.165) is 0 Å². The molecule has 0 saturated carbocycles. The Kier molecular flexibility index (Phi) is 3.09. The van der Waals surface area contributed by atoms with Crippen molar-refractivity contribution in [1.29, 1.82) is 0 Å². The van der Waals surface area contributed by atoms with Crippen molar-refractivity contribution in [2.45, 2.75) is 19.4 Å². The zero-order valence-electron chi connectivity index (χ0n) is 8.67. The van der Waals surface area contributed by atoms with Gasteiger partial charge in [0.15, 0.2) is 0 Å². The van der Waals surface area contributed by atoms with E-state index in [1.54, 1.807) is 32.0 Å². The molecule has 0 aromatic heterocycles. The third-order valence-electron chi connectivity index (χ3n) is 2.08. The summed E-state index contributed by atoms with van der Waals surface area (Å²) in [6.07, 6.45) is 0. The summed E-state index contributed by atoms with van der Waals surface area (Å²) < 4.78 is 0. The average molecular weight is 228 g/mol. The molecule has 5 N–H and O–H groups in total. The molecule has 1 aromatic rings. The Bertz CT molecular complexity index is 390. The van der Waals surface area contributed by atoms with Crippen LogP contribution in [0.5, 0.6) is 0 Å². The van der Waals surface area contributed by atoms with Crippen LogP contribution in [0, 0.1) is 0 Å². The first kappa shape index (κ1) is 11.7. The molecule has 1 rings (SSSR count). The van der Waals surface area contributed by atoms with Gasteiger partial charge in [0.05, 0.1) is 11.4 Å². The molecule has 0 fully saturated rings. The molecule has 4 nitrogen and oxygen atoms in total. The summed E-state index contributed by atoms with van der Waals surface area (Å²) in [4.78, 5) is 11.1. The van der Waals surface area contributed by atoms with E-state index >= 15 is 0 Å². The highest BCUT2D eigenvalue weighted by molar-refractivity contribution is 6.31. The van der Waals surface area contributed by atoms with Crippen LogP contribution in [0.25, 0.3) is 0 Å². The number of benzene rings is 1. The van der Waals surface area contributed by atoms with Crippen molar-refractivity contribution in [2.24, 2.45) is 5.73 Å². The quantitative estimate of drug-likeness (QED) is 0.686. The lowest BCUT2D eigenvalue weighted by molar-refractivity contribution is -0.121. The Balaban J connectivity index is 2.99.